The van der Waals surface area contributed by atoms with Crippen LogP contribution in [0, 0.1) is 0 Å². The SMILES string of the molecule is NS(=O)(=O)CCNS(=O)(=O)c1c(Cl)nc2sccn12. The number of primary sulfonamides is 1. The number of rotatable bonds is 5. The minimum atomic E-state index is -3.96. The summed E-state index contributed by atoms with van der Waals surface area (Å²) in [6, 6.07) is 0. The van der Waals surface area contributed by atoms with Crippen molar-refractivity contribution in [3.63, 3.8) is 0 Å². The van der Waals surface area contributed by atoms with Crippen LogP contribution in [0.1, 0.15) is 0 Å². The lowest BCUT2D eigenvalue weighted by Crippen LogP contribution is -2.32. The number of sulfonamides is 2. The first-order valence-electron chi connectivity index (χ1n) is 4.82. The Hall–Kier alpha value is -0.720. The van der Waals surface area contributed by atoms with E-state index in [1.807, 2.05) is 0 Å². The molecule has 3 N–H and O–H groups in total. The van der Waals surface area contributed by atoms with E-state index >= 15 is 0 Å². The highest BCUT2D eigenvalue weighted by Crippen LogP contribution is 2.24. The summed E-state index contributed by atoms with van der Waals surface area (Å²) >= 11 is 7.00. The zero-order valence-electron chi connectivity index (χ0n) is 9.28. The van der Waals surface area contributed by atoms with E-state index < -0.39 is 25.8 Å². The van der Waals surface area contributed by atoms with Gasteiger partial charge in [0.05, 0.1) is 5.75 Å². The molecule has 0 saturated heterocycles. The first kappa shape index (κ1) is 14.7. The van der Waals surface area contributed by atoms with Crippen LogP contribution in [0.15, 0.2) is 16.6 Å². The number of nitrogens with one attached hydrogen (secondary N) is 1. The summed E-state index contributed by atoms with van der Waals surface area (Å²) in [4.78, 5) is 4.31. The van der Waals surface area contributed by atoms with E-state index in [9.17, 15) is 16.8 Å². The van der Waals surface area contributed by atoms with E-state index in [0.29, 0.717) is 4.96 Å². The number of imidazole rings is 1. The normalized spacial score (nSPS) is 13.2. The Morgan fingerprint density at radius 3 is 2.74 bits per heavy atom. The molecular weight excluding hydrogens is 336 g/mol. The Morgan fingerprint density at radius 1 is 1.42 bits per heavy atom. The highest BCUT2D eigenvalue weighted by molar-refractivity contribution is 7.90. The molecule has 0 atom stereocenters. The molecule has 0 saturated carbocycles. The highest BCUT2D eigenvalue weighted by Gasteiger charge is 2.24. The number of aromatic nitrogens is 2. The number of fused-ring (bicyclic) bond motifs is 1. The summed E-state index contributed by atoms with van der Waals surface area (Å²) < 4.78 is 49.0. The van der Waals surface area contributed by atoms with Gasteiger partial charge in [-0.15, -0.1) is 11.3 Å². The molecule has 0 spiro atoms. The fourth-order valence-electron chi connectivity index (χ4n) is 1.37. The van der Waals surface area contributed by atoms with Gasteiger partial charge < -0.3 is 0 Å². The molecule has 0 amide bonds. The van der Waals surface area contributed by atoms with Crippen LogP contribution in [-0.2, 0) is 20.0 Å². The van der Waals surface area contributed by atoms with Crippen LogP contribution in [0.5, 0.6) is 0 Å². The minimum absolute atomic E-state index is 0.171. The average molecular weight is 345 g/mol. The van der Waals surface area contributed by atoms with Gasteiger partial charge in [0.15, 0.2) is 15.1 Å². The standard InChI is InChI=1S/C7H9ClN4O4S3/c8-5-6(12-2-3-17-7(12)11-5)19(15,16)10-1-4-18(9,13)14/h2-3,10H,1,4H2,(H2,9,13,14). The molecule has 106 valence electrons. The molecule has 8 nitrogen and oxygen atoms in total. The predicted molar refractivity (Wildman–Crippen MR) is 71.2 cm³/mol. The summed E-state index contributed by atoms with van der Waals surface area (Å²) in [5.41, 5.74) is 0. The maximum absolute atomic E-state index is 12.0. The van der Waals surface area contributed by atoms with Crippen LogP contribution in [0.3, 0.4) is 0 Å². The molecule has 12 heteroatoms. The zero-order valence-corrected chi connectivity index (χ0v) is 12.5. The van der Waals surface area contributed by atoms with Gasteiger partial charge in [-0.05, 0) is 0 Å². The van der Waals surface area contributed by atoms with Crippen LogP contribution < -0.4 is 9.86 Å². The molecule has 2 rings (SSSR count). The van der Waals surface area contributed by atoms with Gasteiger partial charge in [0, 0.05) is 18.1 Å². The maximum atomic E-state index is 12.0. The number of nitrogens with zero attached hydrogens (tertiary/aromatic N) is 2. The van der Waals surface area contributed by atoms with Gasteiger partial charge in [0.2, 0.25) is 10.0 Å². The zero-order chi connectivity index (χ0) is 14.3. The second-order valence-corrected chi connectivity index (χ2v) is 8.18. The number of hydrogen-bond donors (Lipinski definition) is 2. The topological polar surface area (TPSA) is 124 Å². The molecule has 0 bridgehead atoms. The molecule has 2 aromatic rings. The van der Waals surface area contributed by atoms with Crippen LogP contribution in [0.2, 0.25) is 5.15 Å². The fourth-order valence-corrected chi connectivity index (χ4v) is 4.36. The number of nitrogens with two attached hydrogens (primary N) is 1. The van der Waals surface area contributed by atoms with E-state index in [0.717, 1.165) is 0 Å². The van der Waals surface area contributed by atoms with Crippen molar-refractivity contribution in [3.05, 3.63) is 16.7 Å². The Kier molecular flexibility index (Phi) is 3.86. The van der Waals surface area contributed by atoms with Gasteiger partial charge in [0.25, 0.3) is 10.0 Å². The Balaban J connectivity index is 2.29. The highest BCUT2D eigenvalue weighted by atomic mass is 35.5. The van der Waals surface area contributed by atoms with Crippen LogP contribution in [-0.4, -0.2) is 38.5 Å². The number of thiazole rings is 1. The summed E-state index contributed by atoms with van der Waals surface area (Å²) in [6.07, 6.45) is 1.51. The first-order valence-corrected chi connectivity index (χ1v) is 9.27. The first-order chi connectivity index (χ1) is 8.71. The second kappa shape index (κ2) is 5.00. The van der Waals surface area contributed by atoms with E-state index in [4.69, 9.17) is 16.7 Å². The van der Waals surface area contributed by atoms with Crippen molar-refractivity contribution in [2.75, 3.05) is 12.3 Å². The Morgan fingerprint density at radius 2 is 2.11 bits per heavy atom. The third kappa shape index (κ3) is 3.24. The minimum Gasteiger partial charge on any atom is -0.279 e. The number of hydrogen-bond acceptors (Lipinski definition) is 6. The molecule has 0 aliphatic rings. The number of halogens is 1. The average Bonchev–Trinajstić information content (AvgIpc) is 2.73. The van der Waals surface area contributed by atoms with Crippen molar-refractivity contribution in [1.29, 1.82) is 0 Å². The third-order valence-electron chi connectivity index (χ3n) is 2.11. The molecule has 0 aliphatic carbocycles. The van der Waals surface area contributed by atoms with Gasteiger partial charge in [-0.2, -0.15) is 0 Å². The van der Waals surface area contributed by atoms with E-state index in [1.165, 1.54) is 21.9 Å². The molecular formula is C7H9ClN4O4S3. The molecule has 0 radical (unpaired) electrons. The van der Waals surface area contributed by atoms with Gasteiger partial charge in [0.1, 0.15) is 0 Å². The predicted octanol–water partition coefficient (Wildman–Crippen LogP) is -0.384. The lowest BCUT2D eigenvalue weighted by atomic mass is 10.8. The van der Waals surface area contributed by atoms with Crippen molar-refractivity contribution >= 4 is 47.9 Å². The van der Waals surface area contributed by atoms with Crippen LogP contribution in [0.4, 0.5) is 0 Å². The largest absolute Gasteiger partial charge is 0.279 e. The van der Waals surface area contributed by atoms with Crippen molar-refractivity contribution in [2.24, 2.45) is 5.14 Å². The van der Waals surface area contributed by atoms with E-state index in [-0.39, 0.29) is 16.7 Å². The summed E-state index contributed by atoms with van der Waals surface area (Å²) in [5, 5.41) is 6.04. The van der Waals surface area contributed by atoms with Gasteiger partial charge in [-0.1, -0.05) is 11.6 Å². The van der Waals surface area contributed by atoms with E-state index in [1.54, 1.807) is 5.38 Å². The molecule has 2 aromatic heterocycles. The second-order valence-electron chi connectivity index (χ2n) is 3.53. The van der Waals surface area contributed by atoms with Crippen LogP contribution in [0.25, 0.3) is 4.96 Å². The van der Waals surface area contributed by atoms with Crippen molar-refractivity contribution < 1.29 is 16.8 Å². The molecule has 0 aromatic carbocycles. The molecule has 0 aliphatic heterocycles. The molecule has 0 fully saturated rings. The fraction of sp³-hybridized carbons (Fsp3) is 0.286. The smallest absolute Gasteiger partial charge is 0.259 e. The monoisotopic (exact) mass is 344 g/mol. The van der Waals surface area contributed by atoms with Gasteiger partial charge in [-0.3, -0.25) is 4.40 Å². The lowest BCUT2D eigenvalue weighted by Gasteiger charge is -2.05. The Labute approximate surface area is 118 Å². The van der Waals surface area contributed by atoms with E-state index in [2.05, 4.69) is 9.71 Å². The molecule has 2 heterocycles. The third-order valence-corrected chi connectivity index (χ3v) is 5.50. The quantitative estimate of drug-likeness (QED) is 0.764. The molecule has 19 heavy (non-hydrogen) atoms. The summed E-state index contributed by atoms with van der Waals surface area (Å²) in [7, 11) is -7.70. The summed E-state index contributed by atoms with van der Waals surface area (Å²) in [5.74, 6) is -0.505. The lowest BCUT2D eigenvalue weighted by molar-refractivity contribution is 0.577. The maximum Gasteiger partial charge on any atom is 0.259 e. The summed E-state index contributed by atoms with van der Waals surface area (Å²) in [6.45, 7) is -0.338. The van der Waals surface area contributed by atoms with Gasteiger partial charge in [-0.25, -0.2) is 31.7 Å². The van der Waals surface area contributed by atoms with Crippen molar-refractivity contribution in [3.8, 4) is 0 Å². The van der Waals surface area contributed by atoms with Crippen LogP contribution >= 0.6 is 22.9 Å². The van der Waals surface area contributed by atoms with Crippen molar-refractivity contribution in [1.82, 2.24) is 14.1 Å². The van der Waals surface area contributed by atoms with Gasteiger partial charge >= 0.3 is 0 Å². The van der Waals surface area contributed by atoms with Crippen molar-refractivity contribution in [2.45, 2.75) is 5.03 Å². The Bertz CT molecular complexity index is 807. The molecule has 0 unspecified atom stereocenters.